The number of carbonyl (C=O) groups excluding carboxylic acids is 1. The second-order valence-electron chi connectivity index (χ2n) is 7.91. The van der Waals surface area contributed by atoms with E-state index in [0.29, 0.717) is 12.2 Å². The summed E-state index contributed by atoms with van der Waals surface area (Å²) in [5.41, 5.74) is 5.54. The Morgan fingerprint density at radius 1 is 1.03 bits per heavy atom. The molecule has 2 aromatic carbocycles. The number of rotatable bonds is 4. The number of nitrogens with one attached hydrogen (secondary N) is 1. The number of aromatic amines is 1. The van der Waals surface area contributed by atoms with Crippen molar-refractivity contribution in [2.45, 2.75) is 26.3 Å². The summed E-state index contributed by atoms with van der Waals surface area (Å²) in [6.45, 7) is 3.53. The number of amides is 1. The zero-order valence-corrected chi connectivity index (χ0v) is 18.5. The molecule has 1 amide bonds. The first-order valence-electron chi connectivity index (χ1n) is 10.5. The third-order valence-corrected chi connectivity index (χ3v) is 6.09. The van der Waals surface area contributed by atoms with Gasteiger partial charge in [-0.05, 0) is 42.8 Å². The van der Waals surface area contributed by atoms with Crippen LogP contribution in [0.1, 0.15) is 36.2 Å². The molecule has 7 heteroatoms. The molecule has 0 spiro atoms. The van der Waals surface area contributed by atoms with Crippen LogP contribution in [0, 0.1) is 6.92 Å². The van der Waals surface area contributed by atoms with Gasteiger partial charge in [0.2, 0.25) is 5.91 Å². The quantitative estimate of drug-likeness (QED) is 0.509. The van der Waals surface area contributed by atoms with Crippen LogP contribution in [0.4, 0.5) is 0 Å². The second kappa shape index (κ2) is 7.67. The maximum atomic E-state index is 12.5. The molecule has 0 radical (unpaired) electrons. The molecule has 3 heterocycles. The Balaban J connectivity index is 1.67. The Morgan fingerprint density at radius 3 is 2.47 bits per heavy atom. The highest BCUT2D eigenvalue weighted by atomic mass is 16.5. The topological polar surface area (TPSA) is 79.8 Å². The summed E-state index contributed by atoms with van der Waals surface area (Å²) < 4.78 is 11.0. The average Bonchev–Trinajstić information content (AvgIpc) is 3.41. The van der Waals surface area contributed by atoms with E-state index in [1.807, 2.05) is 49.5 Å². The molecule has 2 aromatic heterocycles. The van der Waals surface area contributed by atoms with Crippen molar-refractivity contribution in [3.05, 3.63) is 65.5 Å². The Kier molecular flexibility index (Phi) is 4.81. The fraction of sp³-hybridized carbons (Fsp3) is 0.240. The lowest BCUT2D eigenvalue weighted by Crippen LogP contribution is -2.24. The lowest BCUT2D eigenvalue weighted by Gasteiger charge is -2.20. The molecule has 0 saturated heterocycles. The number of ether oxygens (including phenoxy) is 2. The van der Waals surface area contributed by atoms with E-state index >= 15 is 0 Å². The van der Waals surface area contributed by atoms with Gasteiger partial charge in [0.05, 0.1) is 48.3 Å². The van der Waals surface area contributed by atoms with Crippen LogP contribution >= 0.6 is 0 Å². The van der Waals surface area contributed by atoms with E-state index in [-0.39, 0.29) is 11.9 Å². The van der Waals surface area contributed by atoms with Crippen molar-refractivity contribution in [3.8, 4) is 11.5 Å². The summed E-state index contributed by atoms with van der Waals surface area (Å²) in [6.07, 6.45) is 2.40. The smallest absolute Gasteiger partial charge is 0.240 e. The Hall–Kier alpha value is -3.87. The molecule has 1 N–H and O–H groups in total. The number of nitrogens with zero attached hydrogens (tertiary/aromatic N) is 3. The van der Waals surface area contributed by atoms with Gasteiger partial charge in [0.25, 0.3) is 0 Å². The van der Waals surface area contributed by atoms with Gasteiger partial charge in [-0.2, -0.15) is 5.10 Å². The molecule has 0 bridgehead atoms. The molecule has 1 atom stereocenters. The number of H-pyrrole nitrogens is 1. The van der Waals surface area contributed by atoms with Gasteiger partial charge < -0.3 is 14.5 Å². The first kappa shape index (κ1) is 20.1. The minimum Gasteiger partial charge on any atom is -0.497 e. The molecule has 0 saturated carbocycles. The van der Waals surface area contributed by atoms with Crippen molar-refractivity contribution in [1.29, 1.82) is 0 Å². The Labute approximate surface area is 185 Å². The Bertz CT molecular complexity index is 1370. The van der Waals surface area contributed by atoms with Gasteiger partial charge in [-0.15, -0.1) is 0 Å². The van der Waals surface area contributed by atoms with Gasteiger partial charge in [0, 0.05) is 30.3 Å². The third-order valence-electron chi connectivity index (χ3n) is 6.09. The number of pyridine rings is 1. The maximum Gasteiger partial charge on any atom is 0.240 e. The lowest BCUT2D eigenvalue weighted by atomic mass is 9.96. The van der Waals surface area contributed by atoms with Crippen LogP contribution in [0.15, 0.2) is 53.8 Å². The summed E-state index contributed by atoms with van der Waals surface area (Å²) in [5.74, 6) is 1.38. The molecule has 7 nitrogen and oxygen atoms in total. The first-order valence-corrected chi connectivity index (χ1v) is 10.5. The molecule has 162 valence electrons. The van der Waals surface area contributed by atoms with E-state index in [0.717, 1.165) is 50.1 Å². The SMILES string of the molecule is COc1ccc(C2CC(c3c(OC)ccc4c3[nH]c3c(C)nccc34)=NN2C(C)=O)cc1. The molecular weight excluding hydrogens is 404 g/mol. The highest BCUT2D eigenvalue weighted by Crippen LogP contribution is 2.39. The fourth-order valence-corrected chi connectivity index (χ4v) is 4.51. The predicted molar refractivity (Wildman–Crippen MR) is 124 cm³/mol. The lowest BCUT2D eigenvalue weighted by molar-refractivity contribution is -0.130. The number of carbonyl (C=O) groups is 1. The second-order valence-corrected chi connectivity index (χ2v) is 7.91. The van der Waals surface area contributed by atoms with Crippen LogP contribution in [0.2, 0.25) is 0 Å². The van der Waals surface area contributed by atoms with Crippen LogP contribution in [-0.2, 0) is 4.79 Å². The molecule has 1 aliphatic rings. The molecule has 5 rings (SSSR count). The highest BCUT2D eigenvalue weighted by Gasteiger charge is 2.33. The van der Waals surface area contributed by atoms with Crippen molar-refractivity contribution >= 4 is 33.4 Å². The number of hydrogen-bond acceptors (Lipinski definition) is 5. The summed E-state index contributed by atoms with van der Waals surface area (Å²) in [7, 11) is 3.29. The number of hydrazone groups is 1. The van der Waals surface area contributed by atoms with E-state index in [1.54, 1.807) is 26.2 Å². The van der Waals surface area contributed by atoms with Crippen LogP contribution in [0.25, 0.3) is 21.8 Å². The molecule has 32 heavy (non-hydrogen) atoms. The predicted octanol–water partition coefficient (Wildman–Crippen LogP) is 4.74. The van der Waals surface area contributed by atoms with Gasteiger partial charge in [-0.3, -0.25) is 9.78 Å². The zero-order chi connectivity index (χ0) is 22.4. The van der Waals surface area contributed by atoms with E-state index in [4.69, 9.17) is 14.6 Å². The van der Waals surface area contributed by atoms with E-state index in [9.17, 15) is 4.79 Å². The number of benzene rings is 2. The summed E-state index contributed by atoms with van der Waals surface area (Å²) in [4.78, 5) is 20.4. The normalized spacial score (nSPS) is 15.9. The average molecular weight is 428 g/mol. The highest BCUT2D eigenvalue weighted by molar-refractivity contribution is 6.19. The summed E-state index contributed by atoms with van der Waals surface area (Å²) in [5, 5.41) is 8.50. The number of hydrogen-bond donors (Lipinski definition) is 1. The minimum absolute atomic E-state index is 0.108. The van der Waals surface area contributed by atoms with E-state index < -0.39 is 0 Å². The van der Waals surface area contributed by atoms with Crippen molar-refractivity contribution in [3.63, 3.8) is 0 Å². The van der Waals surface area contributed by atoms with Gasteiger partial charge in [0.15, 0.2) is 0 Å². The number of methoxy groups -OCH3 is 2. The first-order chi connectivity index (χ1) is 15.5. The van der Waals surface area contributed by atoms with Crippen LogP contribution < -0.4 is 9.47 Å². The van der Waals surface area contributed by atoms with Crippen molar-refractivity contribution in [1.82, 2.24) is 15.0 Å². The van der Waals surface area contributed by atoms with E-state index in [1.165, 1.54) is 0 Å². The zero-order valence-electron chi connectivity index (χ0n) is 18.5. The van der Waals surface area contributed by atoms with Gasteiger partial charge in [-0.25, -0.2) is 5.01 Å². The molecule has 0 fully saturated rings. The van der Waals surface area contributed by atoms with Gasteiger partial charge in [-0.1, -0.05) is 12.1 Å². The fourth-order valence-electron chi connectivity index (χ4n) is 4.51. The van der Waals surface area contributed by atoms with Crippen molar-refractivity contribution in [2.24, 2.45) is 5.10 Å². The Morgan fingerprint density at radius 2 is 1.78 bits per heavy atom. The van der Waals surface area contributed by atoms with Crippen LogP contribution in [0.5, 0.6) is 11.5 Å². The number of fused-ring (bicyclic) bond motifs is 3. The summed E-state index contributed by atoms with van der Waals surface area (Å²) >= 11 is 0. The minimum atomic E-state index is -0.193. The third kappa shape index (κ3) is 3.09. The standard InChI is InChI=1S/C25H24N4O3/c1-14-24-19(11-12-26-14)18-9-10-22(32-4)23(25(18)27-24)20-13-21(29(28-20)15(2)30)16-5-7-17(31-3)8-6-16/h5-12,21,27H,13H2,1-4H3. The molecule has 0 aliphatic carbocycles. The van der Waals surface area contributed by atoms with Gasteiger partial charge in [0.1, 0.15) is 11.5 Å². The maximum absolute atomic E-state index is 12.5. The number of aromatic nitrogens is 2. The summed E-state index contributed by atoms with van der Waals surface area (Å²) in [6, 6.07) is 13.6. The number of aryl methyl sites for hydroxylation is 1. The van der Waals surface area contributed by atoms with Crippen molar-refractivity contribution < 1.29 is 14.3 Å². The molecular formula is C25H24N4O3. The monoisotopic (exact) mass is 428 g/mol. The van der Waals surface area contributed by atoms with Gasteiger partial charge >= 0.3 is 0 Å². The van der Waals surface area contributed by atoms with Crippen molar-refractivity contribution in [2.75, 3.05) is 14.2 Å². The largest absolute Gasteiger partial charge is 0.497 e. The molecule has 1 aliphatic heterocycles. The molecule has 1 unspecified atom stereocenters. The van der Waals surface area contributed by atoms with Crippen LogP contribution in [0.3, 0.4) is 0 Å². The van der Waals surface area contributed by atoms with Crippen LogP contribution in [-0.4, -0.2) is 40.8 Å². The molecule has 4 aromatic rings. The van der Waals surface area contributed by atoms with E-state index in [2.05, 4.69) is 16.0 Å².